The van der Waals surface area contributed by atoms with Gasteiger partial charge in [-0.05, 0) is 42.9 Å². The summed E-state index contributed by atoms with van der Waals surface area (Å²) in [6.07, 6.45) is 3.04. The van der Waals surface area contributed by atoms with E-state index in [9.17, 15) is 4.39 Å². The van der Waals surface area contributed by atoms with Gasteiger partial charge in [0.05, 0.1) is 6.61 Å². The van der Waals surface area contributed by atoms with Crippen LogP contribution in [0, 0.1) is 11.7 Å². The highest BCUT2D eigenvalue weighted by atomic mass is 19.1. The van der Waals surface area contributed by atoms with Gasteiger partial charge in [-0.15, -0.1) is 0 Å². The fourth-order valence-electron chi connectivity index (χ4n) is 2.16. The second-order valence-electron chi connectivity index (χ2n) is 4.47. The fourth-order valence-corrected chi connectivity index (χ4v) is 2.16. The summed E-state index contributed by atoms with van der Waals surface area (Å²) >= 11 is 0. The fraction of sp³-hybridized carbons (Fsp3) is 0.538. The van der Waals surface area contributed by atoms with Gasteiger partial charge in [0.2, 0.25) is 0 Å². The van der Waals surface area contributed by atoms with Crippen molar-refractivity contribution in [1.82, 2.24) is 0 Å². The predicted octanol–water partition coefficient (Wildman–Crippen LogP) is 2.12. The lowest BCUT2D eigenvalue weighted by Gasteiger charge is -2.27. The van der Waals surface area contributed by atoms with Crippen LogP contribution in [-0.4, -0.2) is 19.3 Å². The molecule has 2 unspecified atom stereocenters. The van der Waals surface area contributed by atoms with E-state index in [4.69, 9.17) is 10.5 Å². The number of benzene rings is 1. The zero-order valence-corrected chi connectivity index (χ0v) is 9.36. The minimum atomic E-state index is -0.196. The Morgan fingerprint density at radius 1 is 1.38 bits per heavy atom. The molecule has 2 N–H and O–H groups in total. The molecule has 0 saturated carbocycles. The standard InChI is InChI=1S/C13H18FNO/c14-12-5-3-10(4-6-12)8-13(15)11-2-1-7-16-9-11/h3-6,11,13H,1-2,7-9,15H2. The van der Waals surface area contributed by atoms with Crippen LogP contribution in [-0.2, 0) is 11.2 Å². The van der Waals surface area contributed by atoms with Gasteiger partial charge in [0.15, 0.2) is 0 Å². The number of hydrogen-bond acceptors (Lipinski definition) is 2. The Kier molecular flexibility index (Phi) is 3.91. The van der Waals surface area contributed by atoms with Crippen molar-refractivity contribution in [3.8, 4) is 0 Å². The number of nitrogens with two attached hydrogens (primary N) is 1. The smallest absolute Gasteiger partial charge is 0.123 e. The topological polar surface area (TPSA) is 35.2 Å². The van der Waals surface area contributed by atoms with Crippen LogP contribution >= 0.6 is 0 Å². The van der Waals surface area contributed by atoms with Crippen LogP contribution in [0.25, 0.3) is 0 Å². The molecule has 1 aromatic carbocycles. The normalized spacial score (nSPS) is 23.0. The molecular formula is C13H18FNO. The first-order chi connectivity index (χ1) is 7.75. The van der Waals surface area contributed by atoms with E-state index in [1.165, 1.54) is 12.1 Å². The molecule has 0 bridgehead atoms. The van der Waals surface area contributed by atoms with Crippen LogP contribution in [0.1, 0.15) is 18.4 Å². The van der Waals surface area contributed by atoms with Crippen molar-refractivity contribution in [2.75, 3.05) is 13.2 Å². The maximum Gasteiger partial charge on any atom is 0.123 e. The van der Waals surface area contributed by atoms with Crippen molar-refractivity contribution < 1.29 is 9.13 Å². The Hall–Kier alpha value is -0.930. The third-order valence-corrected chi connectivity index (χ3v) is 3.19. The van der Waals surface area contributed by atoms with E-state index in [1.54, 1.807) is 12.1 Å². The summed E-state index contributed by atoms with van der Waals surface area (Å²) in [6.45, 7) is 1.63. The molecule has 1 aliphatic rings. The van der Waals surface area contributed by atoms with Crippen LogP contribution in [0.15, 0.2) is 24.3 Å². The zero-order chi connectivity index (χ0) is 11.4. The minimum absolute atomic E-state index is 0.116. The maximum atomic E-state index is 12.7. The monoisotopic (exact) mass is 223 g/mol. The van der Waals surface area contributed by atoms with Crippen LogP contribution in [0.5, 0.6) is 0 Å². The van der Waals surface area contributed by atoms with Crippen molar-refractivity contribution in [2.45, 2.75) is 25.3 Å². The summed E-state index contributed by atoms with van der Waals surface area (Å²) in [6, 6.07) is 6.70. The Balaban J connectivity index is 1.90. The summed E-state index contributed by atoms with van der Waals surface area (Å²) in [5, 5.41) is 0. The van der Waals surface area contributed by atoms with Gasteiger partial charge in [-0.1, -0.05) is 12.1 Å². The minimum Gasteiger partial charge on any atom is -0.381 e. The second-order valence-corrected chi connectivity index (χ2v) is 4.47. The van der Waals surface area contributed by atoms with Gasteiger partial charge in [-0.25, -0.2) is 4.39 Å². The van der Waals surface area contributed by atoms with Crippen molar-refractivity contribution in [2.24, 2.45) is 11.7 Å². The molecule has 2 atom stereocenters. The largest absolute Gasteiger partial charge is 0.381 e. The highest BCUT2D eigenvalue weighted by Crippen LogP contribution is 2.19. The maximum absolute atomic E-state index is 12.7. The molecule has 16 heavy (non-hydrogen) atoms. The van der Waals surface area contributed by atoms with Gasteiger partial charge in [0.1, 0.15) is 5.82 Å². The molecule has 0 aliphatic carbocycles. The van der Waals surface area contributed by atoms with E-state index in [2.05, 4.69) is 0 Å². The van der Waals surface area contributed by atoms with E-state index in [0.29, 0.717) is 5.92 Å². The molecule has 1 aliphatic heterocycles. The summed E-state index contributed by atoms with van der Waals surface area (Å²) in [7, 11) is 0. The molecule has 0 aromatic heterocycles. The SMILES string of the molecule is NC(Cc1ccc(F)cc1)C1CCCOC1. The van der Waals surface area contributed by atoms with Crippen LogP contribution in [0.4, 0.5) is 4.39 Å². The Morgan fingerprint density at radius 2 is 2.12 bits per heavy atom. The summed E-state index contributed by atoms with van der Waals surface area (Å²) in [5.41, 5.74) is 7.24. The van der Waals surface area contributed by atoms with Crippen LogP contribution < -0.4 is 5.73 Å². The van der Waals surface area contributed by atoms with Gasteiger partial charge in [0, 0.05) is 12.6 Å². The van der Waals surface area contributed by atoms with E-state index in [-0.39, 0.29) is 11.9 Å². The predicted molar refractivity (Wildman–Crippen MR) is 61.6 cm³/mol. The number of rotatable bonds is 3. The molecule has 1 fully saturated rings. The first-order valence-electron chi connectivity index (χ1n) is 5.83. The molecule has 2 nitrogen and oxygen atoms in total. The molecule has 1 heterocycles. The van der Waals surface area contributed by atoms with E-state index >= 15 is 0 Å². The molecule has 0 amide bonds. The molecule has 1 saturated heterocycles. The van der Waals surface area contributed by atoms with Crippen molar-refractivity contribution in [1.29, 1.82) is 0 Å². The molecule has 3 heteroatoms. The van der Waals surface area contributed by atoms with E-state index in [0.717, 1.165) is 38.0 Å². The van der Waals surface area contributed by atoms with Gasteiger partial charge in [0.25, 0.3) is 0 Å². The lowest BCUT2D eigenvalue weighted by molar-refractivity contribution is 0.0450. The number of ether oxygens (including phenoxy) is 1. The summed E-state index contributed by atoms with van der Waals surface area (Å²) in [5.74, 6) is 0.247. The van der Waals surface area contributed by atoms with Gasteiger partial charge < -0.3 is 10.5 Å². The molecule has 88 valence electrons. The van der Waals surface area contributed by atoms with E-state index < -0.39 is 0 Å². The molecule has 1 aromatic rings. The summed E-state index contributed by atoms with van der Waals surface area (Å²) < 4.78 is 18.1. The van der Waals surface area contributed by atoms with E-state index in [1.807, 2.05) is 0 Å². The molecular weight excluding hydrogens is 205 g/mol. The Morgan fingerprint density at radius 3 is 2.75 bits per heavy atom. The van der Waals surface area contributed by atoms with Gasteiger partial charge in [-0.3, -0.25) is 0 Å². The number of hydrogen-bond donors (Lipinski definition) is 1. The lowest BCUT2D eigenvalue weighted by Crippen LogP contribution is -2.37. The quantitative estimate of drug-likeness (QED) is 0.852. The van der Waals surface area contributed by atoms with Crippen molar-refractivity contribution >= 4 is 0 Å². The lowest BCUT2D eigenvalue weighted by atomic mass is 9.90. The average molecular weight is 223 g/mol. The summed E-state index contributed by atoms with van der Waals surface area (Å²) in [4.78, 5) is 0. The van der Waals surface area contributed by atoms with Crippen molar-refractivity contribution in [3.63, 3.8) is 0 Å². The highest BCUT2D eigenvalue weighted by Gasteiger charge is 2.21. The molecule has 2 rings (SSSR count). The Bertz CT molecular complexity index is 319. The molecule has 0 radical (unpaired) electrons. The van der Waals surface area contributed by atoms with Crippen LogP contribution in [0.2, 0.25) is 0 Å². The van der Waals surface area contributed by atoms with Gasteiger partial charge >= 0.3 is 0 Å². The first kappa shape index (κ1) is 11.6. The third-order valence-electron chi connectivity index (χ3n) is 3.19. The third kappa shape index (κ3) is 3.03. The Labute approximate surface area is 95.6 Å². The number of halogens is 1. The van der Waals surface area contributed by atoms with Gasteiger partial charge in [-0.2, -0.15) is 0 Å². The highest BCUT2D eigenvalue weighted by molar-refractivity contribution is 5.17. The first-order valence-corrected chi connectivity index (χ1v) is 5.83. The average Bonchev–Trinajstić information content (AvgIpc) is 2.33. The second kappa shape index (κ2) is 5.41. The zero-order valence-electron chi connectivity index (χ0n) is 9.36. The molecule has 0 spiro atoms. The van der Waals surface area contributed by atoms with Crippen molar-refractivity contribution in [3.05, 3.63) is 35.6 Å². The van der Waals surface area contributed by atoms with Crippen LogP contribution in [0.3, 0.4) is 0 Å².